The molecule has 0 spiro atoms. The van der Waals surface area contributed by atoms with E-state index in [0.29, 0.717) is 0 Å². The van der Waals surface area contributed by atoms with E-state index in [0.717, 1.165) is 19.6 Å². The summed E-state index contributed by atoms with van der Waals surface area (Å²) in [6.45, 7) is -98.2. The lowest BCUT2D eigenvalue weighted by molar-refractivity contribution is 0.291. The van der Waals surface area contributed by atoms with E-state index in [1.807, 2.05) is 0 Å². The highest BCUT2D eigenvalue weighted by molar-refractivity contribution is 8.35. The fourth-order valence-corrected chi connectivity index (χ4v) is 1340. The Bertz CT molecular complexity index is 3130. The summed E-state index contributed by atoms with van der Waals surface area (Å²) >= 11 is 0. The lowest BCUT2D eigenvalue weighted by Crippen LogP contribution is -3.22. The molecule has 5 atom stereocenters. The Kier molecular flexibility index (Phi) is 72.0. The predicted molar refractivity (Wildman–Crippen MR) is 657 cm³/mol. The van der Waals surface area contributed by atoms with Crippen LogP contribution in [0.2, 0.25) is 58.9 Å². The third kappa shape index (κ3) is 28.3. The van der Waals surface area contributed by atoms with E-state index in [2.05, 4.69) is 0 Å². The van der Waals surface area contributed by atoms with Crippen molar-refractivity contribution in [3.8, 4) is 0 Å². The van der Waals surface area contributed by atoms with Crippen LogP contribution in [0.25, 0.3) is 0 Å². The molecule has 5 unspecified atom stereocenters. The first-order valence-electron chi connectivity index (χ1n) is 41.1. The zero-order chi connectivity index (χ0) is 107. The summed E-state index contributed by atoms with van der Waals surface area (Å²) in [5.74, 6) is 0. The second-order valence-corrected chi connectivity index (χ2v) is 409. The van der Waals surface area contributed by atoms with Crippen LogP contribution in [0.1, 0.15) is 0 Å². The van der Waals surface area contributed by atoms with E-state index in [1.165, 1.54) is 39.3 Å². The largest absolute Gasteiger partial charge is 0.442 e. The molecule has 0 heterocycles. The molecule has 138 heavy (non-hydrogen) atoms. The van der Waals surface area contributed by atoms with Crippen molar-refractivity contribution in [1.82, 2.24) is 0 Å². The molecule has 64 nitrogen and oxygen atoms in total. The van der Waals surface area contributed by atoms with Crippen molar-refractivity contribution < 1.29 is 292 Å². The monoisotopic (exact) mass is 3100 g/mol. The van der Waals surface area contributed by atoms with Crippen LogP contribution in [0.5, 0.6) is 0 Å². The van der Waals surface area contributed by atoms with Crippen molar-refractivity contribution in [3.05, 3.63) is 0 Å². The molecular weight excluding hydrogens is 2960 g/mol. The molecule has 0 aromatic carbocycles. The standard InChI is InChI=1S/C9H150O64Si65/c1-114(50)134(113-49,65-87-23)123(56-78-14,118(51,88-24)116(5,6)7)73-136(137(130(105-41,106-42)61-83-19,131(107-43,108-44)62-84-20)70-121(93-29,94-30)54-76-12,138(132(109-45,110-46)63-85-21,133(111-47,112-48)64-86-22)71-122(95-31,96-32)55-77-13)125(67-117(8,9)66-115(2,3)4,135(128(101-37,102-38)59-81-17,129(103-39,104-40)60-82-18)69-120(91-27,92-28)53-75-11)72-124(126(97-33,98-34)57-79-15,127(99-35,100-36)58-80-16)68-119(89-25,90-26)52-74-10/h10-51,114H,74-113H2,1-9H3. The highest BCUT2D eigenvalue weighted by atomic mass is 30.6. The Hall–Kier alpha value is 11.5. The second kappa shape index (κ2) is 66.5. The van der Waals surface area contributed by atoms with Gasteiger partial charge in [-0.3, -0.25) is 0 Å². The molecule has 42 N–H and O–H groups in total. The van der Waals surface area contributed by atoms with Crippen LogP contribution < -0.4 is 0 Å². The van der Waals surface area contributed by atoms with Crippen LogP contribution in [-0.2, 0) is 90.5 Å². The molecule has 129 heteroatoms. The molecule has 0 bridgehead atoms. The zero-order valence-corrected chi connectivity index (χ0v) is 159. The molecule has 0 aliphatic carbocycles. The van der Waals surface area contributed by atoms with Crippen LogP contribution in [0.15, 0.2) is 0 Å². The lowest BCUT2D eigenvalue weighted by Gasteiger charge is -2.77. The normalized spacial score (nSPS) is 26.0. The number of hydrogen-bond acceptors (Lipinski definition) is 64. The van der Waals surface area contributed by atoms with Gasteiger partial charge in [-0.1, -0.05) is 19.6 Å². The summed E-state index contributed by atoms with van der Waals surface area (Å²) in [6, 6.07) is 0. The second-order valence-electron chi connectivity index (χ2n) is 33.1. The average Bonchev–Trinajstić information content (AvgIpc) is 0.610. The Balaban J connectivity index is 19.8. The van der Waals surface area contributed by atoms with Gasteiger partial charge in [-0.05, 0) is 39.3 Å². The van der Waals surface area contributed by atoms with Gasteiger partial charge in [-0.25, -0.2) is 0 Å². The quantitative estimate of drug-likeness (QED) is 0.0251. The fourth-order valence-electron chi connectivity index (χ4n) is 17.5. The molecule has 0 amide bonds. The van der Waals surface area contributed by atoms with E-state index in [4.69, 9.17) is 78.2 Å². The summed E-state index contributed by atoms with van der Waals surface area (Å²) in [6.07, 6.45) is 0. The molecule has 830 valence electrons. The van der Waals surface area contributed by atoms with Gasteiger partial charge in [0.2, 0.25) is 136 Å². The van der Waals surface area contributed by atoms with E-state index < -0.39 is 564 Å². The first-order valence-corrected chi connectivity index (χ1v) is 203. The summed E-state index contributed by atoms with van der Waals surface area (Å²) in [7, 11) is -246. The summed E-state index contributed by atoms with van der Waals surface area (Å²) in [4.78, 5) is 579. The third-order valence-corrected chi connectivity index (χ3v) is 731. The fraction of sp³-hybridized carbons (Fsp3) is 1.00. The average molecular weight is 3110 g/mol. The molecule has 0 aromatic heterocycles. The van der Waals surface area contributed by atoms with Gasteiger partial charge in [0.25, 0.3) is 174 Å². The highest BCUT2D eigenvalue weighted by Crippen LogP contribution is 2.62. The van der Waals surface area contributed by atoms with Crippen molar-refractivity contribution in [1.29, 1.82) is 0 Å². The van der Waals surface area contributed by atoms with Gasteiger partial charge in [0.15, 0.2) is 184 Å². The van der Waals surface area contributed by atoms with E-state index in [-0.39, 0.29) is 0 Å². The summed E-state index contributed by atoms with van der Waals surface area (Å²) in [5.41, 5.74) is 0. The topological polar surface area (TPSA) is 1050 Å². The minimum atomic E-state index is -10.0. The van der Waals surface area contributed by atoms with E-state index in [1.54, 1.807) is 0 Å². The first-order chi connectivity index (χ1) is 64.8. The van der Waals surface area contributed by atoms with Crippen molar-refractivity contribution in [2.45, 2.75) is 58.9 Å². The van der Waals surface area contributed by atoms with Gasteiger partial charge in [0.1, 0.15) is 0 Å². The van der Waals surface area contributed by atoms with Crippen molar-refractivity contribution in [3.63, 3.8) is 0 Å². The van der Waals surface area contributed by atoms with E-state index in [9.17, 15) is 209 Å². The summed E-state index contributed by atoms with van der Waals surface area (Å²) in [5, 5.41) is 0. The van der Waals surface area contributed by atoms with Crippen molar-refractivity contribution >= 4 is 564 Å². The molecular formula is C9H150O64Si65. The molecule has 0 radical (unpaired) electrons. The molecule has 0 aliphatic heterocycles. The maximum Gasteiger partial charge on any atom is 0.338 e. The lowest BCUT2D eigenvalue weighted by atomic mass is 11.8. The third-order valence-electron chi connectivity index (χ3n) is 24.0. The Labute approximate surface area is 903 Å². The van der Waals surface area contributed by atoms with Crippen LogP contribution >= 0.6 is 0 Å². The Morgan fingerprint density at radius 1 is 0.181 bits per heavy atom. The zero-order valence-electron chi connectivity index (χ0n) is 77.6. The number of rotatable bonds is 86. The van der Waals surface area contributed by atoms with Crippen LogP contribution in [0.3, 0.4) is 0 Å². The van der Waals surface area contributed by atoms with Crippen molar-refractivity contribution in [2.75, 3.05) is 0 Å². The summed E-state index contributed by atoms with van der Waals surface area (Å²) < 4.78 is 168. The minimum absolute atomic E-state index is 0.863. The van der Waals surface area contributed by atoms with Gasteiger partial charge in [-0.2, -0.15) is 0 Å². The molecule has 0 saturated carbocycles. The minimum Gasteiger partial charge on any atom is -0.442 e. The highest BCUT2D eigenvalue weighted by Gasteiger charge is 3.09. The van der Waals surface area contributed by atoms with Crippen LogP contribution in [-0.4, -0.2) is 765 Å². The van der Waals surface area contributed by atoms with Gasteiger partial charge in [0.05, 0.1) is 7.59 Å². The van der Waals surface area contributed by atoms with Gasteiger partial charge >= 0.3 is 61.7 Å². The van der Waals surface area contributed by atoms with Gasteiger partial charge in [0, 0.05) is 0 Å². The maximum atomic E-state index is 16.4. The van der Waals surface area contributed by atoms with Gasteiger partial charge in [-0.15, -0.1) is 0 Å². The molecule has 0 saturated heterocycles. The van der Waals surface area contributed by atoms with E-state index >= 15 is 4.80 Å². The smallest absolute Gasteiger partial charge is 0.338 e. The maximum absolute atomic E-state index is 16.4. The molecule has 0 fully saturated rings. The Morgan fingerprint density at radius 3 is 0.587 bits per heavy atom. The molecule has 0 aromatic rings. The number of hydrogen-bond donors (Lipinski definition) is 42. The van der Waals surface area contributed by atoms with Gasteiger partial charge < -0.3 is 292 Å². The van der Waals surface area contributed by atoms with Crippen LogP contribution in [0, 0.1) is 0 Å². The first kappa shape index (κ1) is 150. The SMILES string of the molecule is C[SiH](O)[Si](O[SiH2]O)([SiH2]O)[Si](O[SiH2]O)(O[Si]([Si](O[Si](C)(C)O[Si](C)(C)C)(O[Si](O[Si](O[SiH2]O)([SiH2]O)[SiH2]O)([Si](O[SiH2]O)([SiH2]O)[SiH2]O)[Si](O[SiH2]O)([SiH2]O)[SiH2]O)[Si](O[Si](O[SiH2]O)([SiH2]O)[SiH2]O)([Si](O[SiH2]O)([SiH2]O)[SiH2]O)[Si](O[SiH2]O)([SiH2]O)[SiH2]O)([Si](O[Si](O[SiH2]O)([SiH2]O)[SiH2]O)([Si](O[SiH2]O)([SiH2]O)[SiH2]O)[Si](O[SiH2]O)([SiH2]O)[SiH2]O)[Si](O[Si](O[SiH2]O)([SiH2]O)[SiH2]O)([Si](O[SiH2]O)([SiH2]O)[SiH2]O)[Si](O[SiH2]O)([SiH2]O)[SiH2]O)[Si](O)([SiH2]O)[Si](C)(C)C. The van der Waals surface area contributed by atoms with Crippen molar-refractivity contribution in [2.24, 2.45) is 0 Å². The predicted octanol–water partition coefficient (Wildman–Crippen LogP) is -66.1. The Morgan fingerprint density at radius 2 is 0.399 bits per heavy atom. The molecule has 0 aliphatic rings. The molecule has 0 rings (SSSR count). The van der Waals surface area contributed by atoms with Crippen LogP contribution in [0.4, 0.5) is 0 Å².